The van der Waals surface area contributed by atoms with Gasteiger partial charge in [0.2, 0.25) is 0 Å². The number of carbonyl (C=O) groups excluding carboxylic acids is 1. The van der Waals surface area contributed by atoms with E-state index in [0.29, 0.717) is 12.0 Å². The third-order valence-electron chi connectivity index (χ3n) is 2.85. The summed E-state index contributed by atoms with van der Waals surface area (Å²) in [7, 11) is 0. The number of nitro groups is 1. The number of amides is 1. The Morgan fingerprint density at radius 3 is 2.60 bits per heavy atom. The van der Waals surface area contributed by atoms with Gasteiger partial charge in [-0.2, -0.15) is 0 Å². The van der Waals surface area contributed by atoms with Crippen LogP contribution in [0.15, 0.2) is 18.2 Å². The van der Waals surface area contributed by atoms with Crippen LogP contribution in [0.1, 0.15) is 35.7 Å². The molecule has 2 N–H and O–H groups in total. The smallest absolute Gasteiger partial charge is 0.326 e. The molecule has 1 rings (SSSR count). The lowest BCUT2D eigenvalue weighted by Gasteiger charge is -2.13. The fraction of sp³-hybridized carbons (Fsp3) is 0.385. The predicted octanol–water partition coefficient (Wildman–Crippen LogP) is 1.89. The van der Waals surface area contributed by atoms with Gasteiger partial charge < -0.3 is 10.4 Å². The molecule has 0 spiro atoms. The van der Waals surface area contributed by atoms with Gasteiger partial charge in [-0.3, -0.25) is 14.9 Å². The molecule has 7 heteroatoms. The van der Waals surface area contributed by atoms with E-state index < -0.39 is 22.8 Å². The van der Waals surface area contributed by atoms with E-state index in [1.807, 2.05) is 0 Å². The van der Waals surface area contributed by atoms with E-state index in [2.05, 4.69) is 5.32 Å². The van der Waals surface area contributed by atoms with E-state index in [1.165, 1.54) is 25.1 Å². The van der Waals surface area contributed by atoms with Gasteiger partial charge in [-0.25, -0.2) is 4.79 Å². The Hall–Kier alpha value is -2.44. The zero-order valence-corrected chi connectivity index (χ0v) is 11.3. The Kier molecular flexibility index (Phi) is 5.19. The summed E-state index contributed by atoms with van der Waals surface area (Å²) in [6.45, 7) is 3.31. The molecule has 20 heavy (non-hydrogen) atoms. The molecule has 0 saturated heterocycles. The molecule has 0 aromatic heterocycles. The highest BCUT2D eigenvalue weighted by Crippen LogP contribution is 2.23. The van der Waals surface area contributed by atoms with Crippen molar-refractivity contribution in [3.8, 4) is 0 Å². The van der Waals surface area contributed by atoms with Crippen molar-refractivity contribution in [3.05, 3.63) is 39.4 Å². The van der Waals surface area contributed by atoms with Gasteiger partial charge in [0, 0.05) is 5.56 Å². The normalized spacial score (nSPS) is 11.7. The second kappa shape index (κ2) is 6.65. The molecule has 1 amide bonds. The second-order valence-electron chi connectivity index (χ2n) is 4.38. The number of para-hydroxylation sites is 1. The van der Waals surface area contributed by atoms with Gasteiger partial charge in [0.15, 0.2) is 0 Å². The number of carboxylic acids is 1. The molecule has 0 radical (unpaired) electrons. The van der Waals surface area contributed by atoms with Gasteiger partial charge in [0.05, 0.1) is 4.92 Å². The minimum absolute atomic E-state index is 0.127. The van der Waals surface area contributed by atoms with E-state index in [-0.39, 0.29) is 17.7 Å². The first kappa shape index (κ1) is 15.6. The third kappa shape index (κ3) is 3.53. The van der Waals surface area contributed by atoms with Crippen LogP contribution in [-0.2, 0) is 4.79 Å². The molecule has 0 bridgehead atoms. The standard InChI is InChI=1S/C13H16N2O5/c1-3-5-10(13(17)18)14-12(16)9-7-4-6-8(2)11(9)15(19)20/h4,6-7,10H,3,5H2,1-2H3,(H,14,16)(H,17,18)/t10-/m0/s1. The molecule has 7 nitrogen and oxygen atoms in total. The fourth-order valence-electron chi connectivity index (χ4n) is 1.87. The molecule has 108 valence electrons. The molecule has 0 aliphatic heterocycles. The molecule has 1 atom stereocenters. The highest BCUT2D eigenvalue weighted by atomic mass is 16.6. The predicted molar refractivity (Wildman–Crippen MR) is 71.6 cm³/mol. The maximum Gasteiger partial charge on any atom is 0.326 e. The van der Waals surface area contributed by atoms with Crippen LogP contribution < -0.4 is 5.32 Å². The molecule has 1 aromatic rings. The number of carbonyl (C=O) groups is 2. The van der Waals surface area contributed by atoms with Gasteiger partial charge in [-0.05, 0) is 19.4 Å². The van der Waals surface area contributed by atoms with E-state index in [9.17, 15) is 19.7 Å². The lowest BCUT2D eigenvalue weighted by molar-refractivity contribution is -0.385. The van der Waals surface area contributed by atoms with E-state index >= 15 is 0 Å². The van der Waals surface area contributed by atoms with Gasteiger partial charge in [0.1, 0.15) is 11.6 Å². The van der Waals surface area contributed by atoms with E-state index in [0.717, 1.165) is 0 Å². The highest BCUT2D eigenvalue weighted by molar-refractivity contribution is 6.00. The zero-order valence-electron chi connectivity index (χ0n) is 11.3. The van der Waals surface area contributed by atoms with Crippen molar-refractivity contribution >= 4 is 17.6 Å². The van der Waals surface area contributed by atoms with Crippen LogP contribution in [0.25, 0.3) is 0 Å². The average Bonchev–Trinajstić information content (AvgIpc) is 2.37. The number of nitro benzene ring substituents is 1. The fourth-order valence-corrected chi connectivity index (χ4v) is 1.87. The average molecular weight is 280 g/mol. The van der Waals surface area contributed by atoms with Crippen molar-refractivity contribution in [2.24, 2.45) is 0 Å². The Morgan fingerprint density at radius 1 is 1.45 bits per heavy atom. The van der Waals surface area contributed by atoms with E-state index in [4.69, 9.17) is 5.11 Å². The minimum atomic E-state index is -1.16. The SMILES string of the molecule is CCC[C@H](NC(=O)c1cccc(C)c1[N+](=O)[O-])C(=O)O. The molecular formula is C13H16N2O5. The van der Waals surface area contributed by atoms with E-state index in [1.54, 1.807) is 6.92 Å². The summed E-state index contributed by atoms with van der Waals surface area (Å²) in [4.78, 5) is 33.4. The molecule has 0 saturated carbocycles. The highest BCUT2D eigenvalue weighted by Gasteiger charge is 2.26. The van der Waals surface area contributed by atoms with Crippen LogP contribution in [0.5, 0.6) is 0 Å². The Morgan fingerprint density at radius 2 is 2.10 bits per heavy atom. The monoisotopic (exact) mass is 280 g/mol. The number of hydrogen-bond acceptors (Lipinski definition) is 4. The van der Waals surface area contributed by atoms with Crippen LogP contribution in [0.3, 0.4) is 0 Å². The maximum atomic E-state index is 12.0. The maximum absolute atomic E-state index is 12.0. The molecule has 0 fully saturated rings. The first-order valence-corrected chi connectivity index (χ1v) is 6.16. The van der Waals surface area contributed by atoms with Crippen LogP contribution in [0.4, 0.5) is 5.69 Å². The summed E-state index contributed by atoms with van der Waals surface area (Å²) in [5.74, 6) is -1.91. The molecule has 1 aromatic carbocycles. The largest absolute Gasteiger partial charge is 0.480 e. The zero-order chi connectivity index (χ0) is 15.3. The molecular weight excluding hydrogens is 264 g/mol. The molecule has 0 aliphatic rings. The summed E-state index contributed by atoms with van der Waals surface area (Å²) in [6, 6.07) is 3.31. The summed E-state index contributed by atoms with van der Waals surface area (Å²) >= 11 is 0. The number of aliphatic carboxylic acids is 1. The third-order valence-corrected chi connectivity index (χ3v) is 2.85. The minimum Gasteiger partial charge on any atom is -0.480 e. The van der Waals surface area contributed by atoms with Crippen molar-refractivity contribution in [2.75, 3.05) is 0 Å². The second-order valence-corrected chi connectivity index (χ2v) is 4.38. The summed E-state index contributed by atoms with van der Waals surface area (Å²) in [5.41, 5.74) is -0.0759. The first-order valence-electron chi connectivity index (χ1n) is 6.16. The first-order chi connectivity index (χ1) is 9.38. The van der Waals surface area contributed by atoms with Gasteiger partial charge in [0.25, 0.3) is 11.6 Å². The molecule has 0 heterocycles. The Bertz CT molecular complexity index is 542. The van der Waals surface area contributed by atoms with Crippen LogP contribution in [-0.4, -0.2) is 27.9 Å². The van der Waals surface area contributed by atoms with Gasteiger partial charge in [-0.1, -0.05) is 25.5 Å². The number of hydrogen-bond donors (Lipinski definition) is 2. The van der Waals surface area contributed by atoms with Crippen molar-refractivity contribution in [1.29, 1.82) is 0 Å². The Labute approximate surface area is 115 Å². The van der Waals surface area contributed by atoms with Crippen LogP contribution in [0, 0.1) is 17.0 Å². The Balaban J connectivity index is 3.06. The number of carboxylic acid groups (broad SMARTS) is 1. The quantitative estimate of drug-likeness (QED) is 0.610. The molecule has 0 aliphatic carbocycles. The molecule has 0 unspecified atom stereocenters. The van der Waals surface area contributed by atoms with Crippen LogP contribution in [0.2, 0.25) is 0 Å². The lowest BCUT2D eigenvalue weighted by Crippen LogP contribution is -2.40. The summed E-state index contributed by atoms with van der Waals surface area (Å²) in [6.07, 6.45) is 0.841. The number of nitrogens with one attached hydrogen (secondary N) is 1. The lowest BCUT2D eigenvalue weighted by atomic mass is 10.1. The number of aryl methyl sites for hydroxylation is 1. The van der Waals surface area contributed by atoms with Gasteiger partial charge in [-0.15, -0.1) is 0 Å². The van der Waals surface area contributed by atoms with Crippen molar-refractivity contribution in [2.45, 2.75) is 32.7 Å². The number of nitrogens with zero attached hydrogens (tertiary/aromatic N) is 1. The topological polar surface area (TPSA) is 110 Å². The van der Waals surface area contributed by atoms with Crippen LogP contribution >= 0.6 is 0 Å². The van der Waals surface area contributed by atoms with Crippen molar-refractivity contribution in [1.82, 2.24) is 5.32 Å². The van der Waals surface area contributed by atoms with Crippen molar-refractivity contribution < 1.29 is 19.6 Å². The van der Waals surface area contributed by atoms with Crippen molar-refractivity contribution in [3.63, 3.8) is 0 Å². The number of rotatable bonds is 6. The summed E-state index contributed by atoms with van der Waals surface area (Å²) < 4.78 is 0. The van der Waals surface area contributed by atoms with Gasteiger partial charge >= 0.3 is 5.97 Å². The number of benzene rings is 1. The summed E-state index contributed by atoms with van der Waals surface area (Å²) in [5, 5.41) is 22.3.